The fraction of sp³-hybridized carbons (Fsp3) is 0.480. The third-order valence-corrected chi connectivity index (χ3v) is 7.01. The third-order valence-electron chi connectivity index (χ3n) is 7.01. The van der Waals surface area contributed by atoms with Crippen LogP contribution in [0.2, 0.25) is 0 Å². The zero-order valence-electron chi connectivity index (χ0n) is 19.2. The maximum Gasteiger partial charge on any atom is 0.229 e. The summed E-state index contributed by atoms with van der Waals surface area (Å²) in [6, 6.07) is 5.90. The first kappa shape index (κ1) is 21.9. The number of benzene rings is 1. The van der Waals surface area contributed by atoms with Crippen LogP contribution in [0.4, 0.5) is 5.95 Å². The van der Waals surface area contributed by atoms with Gasteiger partial charge in [-0.1, -0.05) is 12.1 Å². The first-order chi connectivity index (χ1) is 16.1. The van der Waals surface area contributed by atoms with Crippen LogP contribution in [0, 0.1) is 11.8 Å². The topological polar surface area (TPSA) is 87.1 Å². The van der Waals surface area contributed by atoms with Crippen molar-refractivity contribution in [3.63, 3.8) is 0 Å². The number of carbonyl (C=O) groups is 1. The number of nitrogens with zero attached hydrogens (tertiary/aromatic N) is 6. The molecule has 2 aliphatic rings. The Balaban J connectivity index is 1.18. The largest absolute Gasteiger partial charge is 0.304 e. The monoisotopic (exact) mass is 445 g/mol. The molecule has 8 nitrogen and oxygen atoms in total. The highest BCUT2D eigenvalue weighted by molar-refractivity contribution is 5.92. The van der Waals surface area contributed by atoms with Crippen LogP contribution in [0.5, 0.6) is 0 Å². The highest BCUT2D eigenvalue weighted by Gasteiger charge is 2.28. The van der Waals surface area contributed by atoms with Crippen LogP contribution < -0.4 is 5.32 Å². The average Bonchev–Trinajstić information content (AvgIpc) is 2.86. The second-order valence-corrected chi connectivity index (χ2v) is 9.37. The molecule has 0 radical (unpaired) electrons. The van der Waals surface area contributed by atoms with Gasteiger partial charge in [0.15, 0.2) is 0 Å². The smallest absolute Gasteiger partial charge is 0.229 e. The van der Waals surface area contributed by atoms with Crippen LogP contribution in [0.25, 0.3) is 22.2 Å². The van der Waals surface area contributed by atoms with Gasteiger partial charge in [-0.2, -0.15) is 0 Å². The fourth-order valence-electron chi connectivity index (χ4n) is 4.91. The molecule has 1 aliphatic heterocycles. The Kier molecular flexibility index (Phi) is 6.55. The van der Waals surface area contributed by atoms with Gasteiger partial charge in [0.1, 0.15) is 0 Å². The van der Waals surface area contributed by atoms with Gasteiger partial charge in [0.25, 0.3) is 0 Å². The summed E-state index contributed by atoms with van der Waals surface area (Å²) in [5, 5.41) is 3.88. The van der Waals surface area contributed by atoms with Gasteiger partial charge in [-0.05, 0) is 44.7 Å². The zero-order valence-corrected chi connectivity index (χ0v) is 19.2. The van der Waals surface area contributed by atoms with Crippen molar-refractivity contribution in [2.24, 2.45) is 11.8 Å². The SMILES string of the molecule is CN1CCN(CC2CCC(C(=O)Nc3ncc4ccc(-c5cnccn5)cc4n3)CC2)CC1. The number of piperazine rings is 1. The molecule has 1 N–H and O–H groups in total. The number of rotatable bonds is 5. The highest BCUT2D eigenvalue weighted by atomic mass is 16.2. The molecule has 1 aliphatic carbocycles. The van der Waals surface area contributed by atoms with Crippen molar-refractivity contribution in [3.05, 3.63) is 43.0 Å². The van der Waals surface area contributed by atoms with E-state index in [1.807, 2.05) is 18.2 Å². The Morgan fingerprint density at radius 1 is 1.03 bits per heavy atom. The van der Waals surface area contributed by atoms with E-state index in [1.165, 1.54) is 6.54 Å². The molecule has 0 unspecified atom stereocenters. The average molecular weight is 446 g/mol. The van der Waals surface area contributed by atoms with Gasteiger partial charge in [0.2, 0.25) is 11.9 Å². The lowest BCUT2D eigenvalue weighted by molar-refractivity contribution is -0.121. The number of amides is 1. The molecular formula is C25H31N7O. The molecule has 0 spiro atoms. The van der Waals surface area contributed by atoms with Crippen molar-refractivity contribution in [1.29, 1.82) is 0 Å². The highest BCUT2D eigenvalue weighted by Crippen LogP contribution is 2.30. The number of nitrogens with one attached hydrogen (secondary N) is 1. The van der Waals surface area contributed by atoms with E-state index in [2.05, 4.69) is 42.1 Å². The Labute approximate surface area is 194 Å². The van der Waals surface area contributed by atoms with E-state index in [-0.39, 0.29) is 11.8 Å². The fourth-order valence-corrected chi connectivity index (χ4v) is 4.91. The van der Waals surface area contributed by atoms with E-state index in [1.54, 1.807) is 24.8 Å². The first-order valence-electron chi connectivity index (χ1n) is 11.9. The van der Waals surface area contributed by atoms with E-state index in [9.17, 15) is 4.79 Å². The van der Waals surface area contributed by atoms with E-state index in [4.69, 9.17) is 0 Å². The molecule has 172 valence electrons. The van der Waals surface area contributed by atoms with Crippen LogP contribution in [0.15, 0.2) is 43.0 Å². The lowest BCUT2D eigenvalue weighted by atomic mass is 9.81. The quantitative estimate of drug-likeness (QED) is 0.646. The summed E-state index contributed by atoms with van der Waals surface area (Å²) in [6.07, 6.45) is 10.9. The van der Waals surface area contributed by atoms with Gasteiger partial charge in [0.05, 0.1) is 17.4 Å². The maximum atomic E-state index is 12.9. The molecule has 1 saturated carbocycles. The standard InChI is InChI=1S/C25H31N7O/c1-31-10-12-32(13-11-31)17-18-2-4-19(5-3-18)24(33)30-25-28-15-21-7-6-20(14-22(21)29-25)23-16-26-8-9-27-23/h6-9,14-16,18-19H,2-5,10-13,17H2,1H3,(H,28,29,30,33). The minimum atomic E-state index is 0.0393. The Hall–Kier alpha value is -2.97. The van der Waals surface area contributed by atoms with E-state index < -0.39 is 0 Å². The van der Waals surface area contributed by atoms with Crippen molar-refractivity contribution in [3.8, 4) is 11.3 Å². The van der Waals surface area contributed by atoms with Crippen LogP contribution in [0.1, 0.15) is 25.7 Å². The van der Waals surface area contributed by atoms with Crippen molar-refractivity contribution >= 4 is 22.8 Å². The van der Waals surface area contributed by atoms with Crippen LogP contribution in [-0.4, -0.2) is 75.4 Å². The Morgan fingerprint density at radius 2 is 1.85 bits per heavy atom. The van der Waals surface area contributed by atoms with Gasteiger partial charge in [0, 0.05) is 68.2 Å². The van der Waals surface area contributed by atoms with Crippen molar-refractivity contribution in [1.82, 2.24) is 29.7 Å². The molecular weight excluding hydrogens is 414 g/mol. The van der Waals surface area contributed by atoms with Gasteiger partial charge < -0.3 is 9.80 Å². The molecule has 3 heterocycles. The van der Waals surface area contributed by atoms with Gasteiger partial charge in [-0.15, -0.1) is 0 Å². The molecule has 0 bridgehead atoms. The molecule has 1 amide bonds. The van der Waals surface area contributed by atoms with E-state index >= 15 is 0 Å². The summed E-state index contributed by atoms with van der Waals surface area (Å²) in [5.41, 5.74) is 2.50. The van der Waals surface area contributed by atoms with Crippen LogP contribution in [-0.2, 0) is 4.79 Å². The number of likely N-dealkylation sites (N-methyl/N-ethyl adjacent to an activating group) is 1. The van der Waals surface area contributed by atoms with Gasteiger partial charge >= 0.3 is 0 Å². The number of carbonyl (C=O) groups excluding carboxylic acids is 1. The minimum Gasteiger partial charge on any atom is -0.304 e. The number of anilines is 1. The number of aromatic nitrogens is 4. The summed E-state index contributed by atoms with van der Waals surface area (Å²) in [4.78, 5) is 35.3. The number of fused-ring (bicyclic) bond motifs is 1. The van der Waals surface area contributed by atoms with Gasteiger partial charge in [-0.25, -0.2) is 9.97 Å². The Bertz CT molecular complexity index is 1090. The summed E-state index contributed by atoms with van der Waals surface area (Å²) < 4.78 is 0. The molecule has 5 rings (SSSR count). The van der Waals surface area contributed by atoms with Crippen molar-refractivity contribution < 1.29 is 4.79 Å². The summed E-state index contributed by atoms with van der Waals surface area (Å²) in [6.45, 7) is 5.81. The molecule has 33 heavy (non-hydrogen) atoms. The lowest BCUT2D eigenvalue weighted by Crippen LogP contribution is -2.46. The van der Waals surface area contributed by atoms with E-state index in [0.717, 1.165) is 74.0 Å². The molecule has 2 fully saturated rings. The summed E-state index contributed by atoms with van der Waals surface area (Å²) >= 11 is 0. The predicted octanol–water partition coefficient (Wildman–Crippen LogP) is 3.08. The minimum absolute atomic E-state index is 0.0393. The number of hydrogen-bond acceptors (Lipinski definition) is 7. The van der Waals surface area contributed by atoms with Crippen molar-refractivity contribution in [2.75, 3.05) is 45.1 Å². The second-order valence-electron chi connectivity index (χ2n) is 9.37. The molecule has 0 atom stereocenters. The second kappa shape index (κ2) is 9.89. The predicted molar refractivity (Wildman–Crippen MR) is 129 cm³/mol. The molecule has 2 aromatic heterocycles. The molecule has 1 aromatic carbocycles. The molecule has 1 saturated heterocycles. The number of hydrogen-bond donors (Lipinski definition) is 1. The lowest BCUT2D eigenvalue weighted by Gasteiger charge is -2.36. The van der Waals surface area contributed by atoms with Crippen LogP contribution >= 0.6 is 0 Å². The van der Waals surface area contributed by atoms with Crippen molar-refractivity contribution in [2.45, 2.75) is 25.7 Å². The van der Waals surface area contributed by atoms with Crippen LogP contribution in [0.3, 0.4) is 0 Å². The Morgan fingerprint density at radius 3 is 2.61 bits per heavy atom. The van der Waals surface area contributed by atoms with Gasteiger partial charge in [-0.3, -0.25) is 20.1 Å². The molecule has 8 heteroatoms. The normalized spacial score (nSPS) is 22.3. The zero-order chi connectivity index (χ0) is 22.6. The van der Waals surface area contributed by atoms with E-state index in [0.29, 0.717) is 11.9 Å². The third kappa shape index (κ3) is 5.34. The summed E-state index contributed by atoms with van der Waals surface area (Å²) in [5.74, 6) is 1.15. The maximum absolute atomic E-state index is 12.9. The summed E-state index contributed by atoms with van der Waals surface area (Å²) in [7, 11) is 2.19. The molecule has 3 aromatic rings. The first-order valence-corrected chi connectivity index (χ1v) is 11.9.